The largest absolute Gasteiger partial charge is 0.339 e. The average molecular weight is 451 g/mol. The molecule has 1 saturated heterocycles. The number of fused-ring (bicyclic) bond motifs is 1. The van der Waals surface area contributed by atoms with Crippen molar-refractivity contribution in [1.29, 1.82) is 0 Å². The van der Waals surface area contributed by atoms with Gasteiger partial charge < -0.3 is 10.2 Å². The zero-order valence-electron chi connectivity index (χ0n) is 19.3. The molecule has 2 atom stereocenters. The number of aromatic nitrogens is 2. The summed E-state index contributed by atoms with van der Waals surface area (Å²) in [6.07, 6.45) is 8.59. The smallest absolute Gasteiger partial charge is 0.227 e. The van der Waals surface area contributed by atoms with Crippen molar-refractivity contribution in [2.75, 3.05) is 6.54 Å². The highest BCUT2D eigenvalue weighted by molar-refractivity contribution is 5.81. The normalized spacial score (nSPS) is 18.2. The molecule has 0 aliphatic carbocycles. The van der Waals surface area contributed by atoms with Gasteiger partial charge in [-0.15, -0.1) is 0 Å². The number of rotatable bonds is 7. The fourth-order valence-electron chi connectivity index (χ4n) is 4.98. The molecule has 0 spiro atoms. The van der Waals surface area contributed by atoms with Crippen LogP contribution < -0.4 is 5.32 Å². The van der Waals surface area contributed by atoms with E-state index in [4.69, 9.17) is 0 Å². The van der Waals surface area contributed by atoms with Crippen LogP contribution in [0.3, 0.4) is 0 Å². The topological polar surface area (TPSA) is 58.1 Å². The van der Waals surface area contributed by atoms with Gasteiger partial charge in [-0.2, -0.15) is 0 Å². The highest BCUT2D eigenvalue weighted by atomic mass is 16.2. The molecule has 34 heavy (non-hydrogen) atoms. The molecule has 1 fully saturated rings. The molecule has 3 heterocycles. The first-order valence-electron chi connectivity index (χ1n) is 12.0. The third-order valence-electron chi connectivity index (χ3n) is 6.78. The minimum atomic E-state index is 0.178. The van der Waals surface area contributed by atoms with Crippen LogP contribution in [0.4, 0.5) is 0 Å². The van der Waals surface area contributed by atoms with Gasteiger partial charge in [-0.05, 0) is 60.2 Å². The summed E-state index contributed by atoms with van der Waals surface area (Å²) in [6.45, 7) is 1.58. The van der Waals surface area contributed by atoms with Crippen LogP contribution in [-0.4, -0.2) is 39.4 Å². The second kappa shape index (κ2) is 10.6. The van der Waals surface area contributed by atoms with E-state index < -0.39 is 0 Å². The van der Waals surface area contributed by atoms with Gasteiger partial charge in [-0.3, -0.25) is 14.8 Å². The molecule has 5 nitrogen and oxygen atoms in total. The number of carbonyl (C=O) groups is 1. The van der Waals surface area contributed by atoms with Crippen molar-refractivity contribution >= 4 is 16.8 Å². The number of likely N-dealkylation sites (tertiary alicyclic amines) is 1. The van der Waals surface area contributed by atoms with Crippen molar-refractivity contribution in [3.63, 3.8) is 0 Å². The summed E-state index contributed by atoms with van der Waals surface area (Å²) in [7, 11) is 0. The van der Waals surface area contributed by atoms with Gasteiger partial charge in [0, 0.05) is 49.1 Å². The number of piperidine rings is 1. The molecule has 2 aromatic heterocycles. The average Bonchev–Trinajstić information content (AvgIpc) is 2.89. The Balaban J connectivity index is 1.29. The van der Waals surface area contributed by atoms with E-state index in [0.717, 1.165) is 43.4 Å². The van der Waals surface area contributed by atoms with E-state index >= 15 is 0 Å². The molecule has 0 bridgehead atoms. The minimum Gasteiger partial charge on any atom is -0.339 e. The van der Waals surface area contributed by atoms with E-state index in [1.807, 2.05) is 30.5 Å². The van der Waals surface area contributed by atoms with Crippen molar-refractivity contribution in [3.05, 3.63) is 108 Å². The lowest BCUT2D eigenvalue weighted by Gasteiger charge is -2.40. The summed E-state index contributed by atoms with van der Waals surface area (Å²) < 4.78 is 0. The van der Waals surface area contributed by atoms with Gasteiger partial charge in [0.05, 0.1) is 11.9 Å². The lowest BCUT2D eigenvalue weighted by Crippen LogP contribution is -2.52. The summed E-state index contributed by atoms with van der Waals surface area (Å²) in [6, 6.07) is 25.3. The molecular weight excluding hydrogens is 420 g/mol. The predicted octanol–water partition coefficient (Wildman–Crippen LogP) is 4.56. The Kier molecular flexibility index (Phi) is 6.91. The van der Waals surface area contributed by atoms with Crippen LogP contribution in [0, 0.1) is 0 Å². The monoisotopic (exact) mass is 450 g/mol. The molecule has 0 radical (unpaired) electrons. The lowest BCUT2D eigenvalue weighted by molar-refractivity contribution is -0.134. The zero-order chi connectivity index (χ0) is 23.2. The number of carbonyl (C=O) groups excluding carboxylic acids is 1. The second-order valence-electron chi connectivity index (χ2n) is 9.05. The maximum absolute atomic E-state index is 13.3. The Bertz CT molecular complexity index is 1220. The number of nitrogens with zero attached hydrogens (tertiary/aromatic N) is 3. The first-order valence-corrected chi connectivity index (χ1v) is 12.0. The number of amides is 1. The Morgan fingerprint density at radius 1 is 0.912 bits per heavy atom. The molecule has 2 aromatic carbocycles. The molecule has 2 unspecified atom stereocenters. The summed E-state index contributed by atoms with van der Waals surface area (Å²) in [5.74, 6) is 0.200. The van der Waals surface area contributed by atoms with Crippen LogP contribution in [0.2, 0.25) is 0 Å². The predicted molar refractivity (Wildman–Crippen MR) is 135 cm³/mol. The molecular formula is C29H30N4O. The molecule has 1 N–H and O–H groups in total. The van der Waals surface area contributed by atoms with Gasteiger partial charge in [-0.25, -0.2) is 0 Å². The fraction of sp³-hybridized carbons (Fsp3) is 0.276. The molecule has 5 rings (SSSR count). The molecule has 172 valence electrons. The van der Waals surface area contributed by atoms with Crippen LogP contribution >= 0.6 is 0 Å². The molecule has 4 aromatic rings. The number of nitrogens with one attached hydrogen (secondary N) is 1. The van der Waals surface area contributed by atoms with E-state index in [9.17, 15) is 4.79 Å². The van der Waals surface area contributed by atoms with Gasteiger partial charge in [-0.1, -0.05) is 48.5 Å². The van der Waals surface area contributed by atoms with Crippen molar-refractivity contribution < 1.29 is 4.79 Å². The molecule has 5 heteroatoms. The van der Waals surface area contributed by atoms with Gasteiger partial charge in [0.15, 0.2) is 0 Å². The van der Waals surface area contributed by atoms with Crippen LogP contribution in [-0.2, 0) is 24.2 Å². The number of hydrogen-bond acceptors (Lipinski definition) is 4. The standard InChI is InChI=1S/C29H30N4O/c34-29(19-23-10-14-30-15-11-23)33-17-13-25(20-26(33)18-22-6-2-1-3-7-22)32-21-24-12-16-31-28-9-5-4-8-27(24)28/h1-12,14-16,25-26,32H,13,17-21H2. The quantitative estimate of drug-likeness (QED) is 0.448. The molecule has 0 saturated carbocycles. The van der Waals surface area contributed by atoms with E-state index in [1.54, 1.807) is 12.4 Å². The number of para-hydroxylation sites is 1. The third-order valence-corrected chi connectivity index (χ3v) is 6.78. The second-order valence-corrected chi connectivity index (χ2v) is 9.05. The molecule has 1 aliphatic heterocycles. The first kappa shape index (κ1) is 22.2. The molecule has 1 amide bonds. The number of hydrogen-bond donors (Lipinski definition) is 1. The summed E-state index contributed by atoms with van der Waals surface area (Å²) in [5, 5.41) is 4.98. The van der Waals surface area contributed by atoms with Crippen molar-refractivity contribution in [2.45, 2.75) is 44.3 Å². The zero-order valence-corrected chi connectivity index (χ0v) is 19.3. The van der Waals surface area contributed by atoms with Crippen molar-refractivity contribution in [1.82, 2.24) is 20.2 Å². The Labute approximate surface area is 200 Å². The summed E-state index contributed by atoms with van der Waals surface area (Å²) in [5.41, 5.74) is 4.58. The molecule has 1 aliphatic rings. The Hall–Kier alpha value is -3.57. The highest BCUT2D eigenvalue weighted by Crippen LogP contribution is 2.24. The SMILES string of the molecule is O=C(Cc1ccncc1)N1CCC(NCc2ccnc3ccccc23)CC1Cc1ccccc1. The van der Waals surface area contributed by atoms with Crippen LogP contribution in [0.5, 0.6) is 0 Å². The van der Waals surface area contributed by atoms with E-state index in [-0.39, 0.29) is 11.9 Å². The third kappa shape index (κ3) is 5.32. The van der Waals surface area contributed by atoms with Gasteiger partial charge >= 0.3 is 0 Å². The van der Waals surface area contributed by atoms with Crippen LogP contribution in [0.15, 0.2) is 91.4 Å². The van der Waals surface area contributed by atoms with Crippen LogP contribution in [0.25, 0.3) is 10.9 Å². The van der Waals surface area contributed by atoms with Gasteiger partial charge in [0.2, 0.25) is 5.91 Å². The maximum Gasteiger partial charge on any atom is 0.227 e. The summed E-state index contributed by atoms with van der Waals surface area (Å²) >= 11 is 0. The first-order chi connectivity index (χ1) is 16.8. The maximum atomic E-state index is 13.3. The minimum absolute atomic E-state index is 0.178. The van der Waals surface area contributed by atoms with E-state index in [1.165, 1.54) is 16.5 Å². The number of benzene rings is 2. The summed E-state index contributed by atoms with van der Waals surface area (Å²) in [4.78, 5) is 23.9. The number of pyridine rings is 2. The van der Waals surface area contributed by atoms with Crippen LogP contribution in [0.1, 0.15) is 29.5 Å². The van der Waals surface area contributed by atoms with E-state index in [0.29, 0.717) is 12.5 Å². The van der Waals surface area contributed by atoms with Gasteiger partial charge in [0.25, 0.3) is 0 Å². The van der Waals surface area contributed by atoms with E-state index in [2.05, 4.69) is 68.7 Å². The Morgan fingerprint density at radius 2 is 1.71 bits per heavy atom. The van der Waals surface area contributed by atoms with Gasteiger partial charge in [0.1, 0.15) is 0 Å². The van der Waals surface area contributed by atoms with Crippen molar-refractivity contribution in [3.8, 4) is 0 Å². The Morgan fingerprint density at radius 3 is 2.56 bits per heavy atom. The fourth-order valence-corrected chi connectivity index (χ4v) is 4.98. The lowest BCUT2D eigenvalue weighted by atomic mass is 9.91. The highest BCUT2D eigenvalue weighted by Gasteiger charge is 2.31. The van der Waals surface area contributed by atoms with Crippen molar-refractivity contribution in [2.24, 2.45) is 0 Å².